The zero-order chi connectivity index (χ0) is 14.9. The van der Waals surface area contributed by atoms with Crippen LogP contribution in [0.5, 0.6) is 0 Å². The Bertz CT molecular complexity index is 690. The summed E-state index contributed by atoms with van der Waals surface area (Å²) in [4.78, 5) is 15.9. The minimum absolute atomic E-state index is 0.00683. The van der Waals surface area contributed by atoms with E-state index in [2.05, 4.69) is 10.3 Å². The molecule has 1 amide bonds. The van der Waals surface area contributed by atoms with E-state index in [1.54, 1.807) is 24.3 Å². The number of benzene rings is 1. The lowest BCUT2D eigenvalue weighted by Gasteiger charge is -2.09. The standard InChI is InChI=1S/C12H5Cl5N2O/c13-5-3-1-2-4-6(5)18-12(20)10-8(15)7(14)9(16)11(17)19-10/h1-4H,(H,18,20). The molecular formula is C12H5Cl5N2O. The van der Waals surface area contributed by atoms with E-state index in [-0.39, 0.29) is 25.9 Å². The van der Waals surface area contributed by atoms with Crippen LogP contribution >= 0.6 is 58.0 Å². The highest BCUT2D eigenvalue weighted by atomic mass is 35.5. The molecule has 1 heterocycles. The number of carbonyl (C=O) groups excluding carboxylic acids is 1. The summed E-state index contributed by atoms with van der Waals surface area (Å²) in [7, 11) is 0. The molecule has 2 rings (SSSR count). The van der Waals surface area contributed by atoms with E-state index < -0.39 is 5.91 Å². The van der Waals surface area contributed by atoms with E-state index in [0.717, 1.165) is 0 Å². The van der Waals surface area contributed by atoms with Gasteiger partial charge in [-0.15, -0.1) is 0 Å². The van der Waals surface area contributed by atoms with Crippen molar-refractivity contribution < 1.29 is 4.79 Å². The predicted molar refractivity (Wildman–Crippen MR) is 83.7 cm³/mol. The number of rotatable bonds is 2. The van der Waals surface area contributed by atoms with Crippen LogP contribution in [0.2, 0.25) is 25.2 Å². The number of hydrogen-bond donors (Lipinski definition) is 1. The van der Waals surface area contributed by atoms with Gasteiger partial charge in [-0.1, -0.05) is 70.1 Å². The van der Waals surface area contributed by atoms with E-state index in [1.165, 1.54) is 0 Å². The minimum Gasteiger partial charge on any atom is -0.319 e. The van der Waals surface area contributed by atoms with Crippen LogP contribution in [-0.2, 0) is 0 Å². The molecule has 1 aromatic carbocycles. The molecule has 1 aromatic heterocycles. The summed E-state index contributed by atoms with van der Waals surface area (Å²) in [5.41, 5.74) is 0.283. The molecule has 0 atom stereocenters. The van der Waals surface area contributed by atoms with Crippen molar-refractivity contribution in [1.29, 1.82) is 0 Å². The Labute approximate surface area is 139 Å². The maximum atomic E-state index is 12.1. The van der Waals surface area contributed by atoms with Gasteiger partial charge in [0.25, 0.3) is 5.91 Å². The predicted octanol–water partition coefficient (Wildman–Crippen LogP) is 5.60. The van der Waals surface area contributed by atoms with Gasteiger partial charge in [0.05, 0.1) is 25.8 Å². The number of hydrogen-bond acceptors (Lipinski definition) is 2. The molecule has 0 bridgehead atoms. The third-order valence-electron chi connectivity index (χ3n) is 2.32. The Morgan fingerprint density at radius 3 is 2.25 bits per heavy atom. The van der Waals surface area contributed by atoms with E-state index in [4.69, 9.17) is 58.0 Å². The van der Waals surface area contributed by atoms with Gasteiger partial charge in [-0.3, -0.25) is 4.79 Å². The molecule has 0 radical (unpaired) electrons. The van der Waals surface area contributed by atoms with Gasteiger partial charge < -0.3 is 5.32 Å². The molecule has 0 unspecified atom stereocenters. The van der Waals surface area contributed by atoms with Gasteiger partial charge in [0.2, 0.25) is 0 Å². The second kappa shape index (κ2) is 6.37. The molecule has 2 aromatic rings. The van der Waals surface area contributed by atoms with Gasteiger partial charge in [0, 0.05) is 0 Å². The lowest BCUT2D eigenvalue weighted by atomic mass is 10.3. The molecule has 8 heteroatoms. The Balaban J connectivity index is 2.38. The highest BCUT2D eigenvalue weighted by Gasteiger charge is 2.20. The van der Waals surface area contributed by atoms with Crippen LogP contribution in [0.1, 0.15) is 10.5 Å². The third-order valence-corrected chi connectivity index (χ3v) is 4.33. The third kappa shape index (κ3) is 3.13. The second-order valence-electron chi connectivity index (χ2n) is 3.63. The first kappa shape index (κ1) is 15.7. The average Bonchev–Trinajstić information content (AvgIpc) is 2.43. The highest BCUT2D eigenvalue weighted by molar-refractivity contribution is 6.52. The van der Waals surface area contributed by atoms with Crippen LogP contribution in [0.15, 0.2) is 24.3 Å². The van der Waals surface area contributed by atoms with E-state index in [1.807, 2.05) is 0 Å². The Morgan fingerprint density at radius 1 is 0.950 bits per heavy atom. The lowest BCUT2D eigenvalue weighted by Crippen LogP contribution is -2.15. The Morgan fingerprint density at radius 2 is 1.60 bits per heavy atom. The average molecular weight is 370 g/mol. The molecule has 0 aliphatic carbocycles. The number of nitrogens with zero attached hydrogens (tertiary/aromatic N) is 1. The SMILES string of the molecule is O=C(Nc1ccccc1Cl)c1nc(Cl)c(Cl)c(Cl)c1Cl. The van der Waals surface area contributed by atoms with Gasteiger partial charge in [0.1, 0.15) is 10.8 Å². The van der Waals surface area contributed by atoms with Crippen molar-refractivity contribution in [2.45, 2.75) is 0 Å². The summed E-state index contributed by atoms with van der Waals surface area (Å²) < 4.78 is 0. The summed E-state index contributed by atoms with van der Waals surface area (Å²) in [6.45, 7) is 0. The molecule has 104 valence electrons. The van der Waals surface area contributed by atoms with Gasteiger partial charge in [0.15, 0.2) is 0 Å². The number of nitrogens with one attached hydrogen (secondary N) is 1. The van der Waals surface area contributed by atoms with Crippen LogP contribution in [-0.4, -0.2) is 10.9 Å². The minimum atomic E-state index is -0.594. The van der Waals surface area contributed by atoms with Crippen LogP contribution in [0.25, 0.3) is 0 Å². The first-order valence-corrected chi connectivity index (χ1v) is 7.06. The summed E-state index contributed by atoms with van der Waals surface area (Å²) >= 11 is 29.3. The lowest BCUT2D eigenvalue weighted by molar-refractivity contribution is 0.102. The summed E-state index contributed by atoms with van der Waals surface area (Å²) in [5, 5.41) is 2.72. The van der Waals surface area contributed by atoms with Gasteiger partial charge in [-0.05, 0) is 12.1 Å². The monoisotopic (exact) mass is 368 g/mol. The summed E-state index contributed by atoms with van der Waals surface area (Å²) in [6, 6.07) is 6.72. The van der Waals surface area contributed by atoms with Crippen LogP contribution in [0.3, 0.4) is 0 Å². The number of amides is 1. The van der Waals surface area contributed by atoms with Crippen LogP contribution in [0, 0.1) is 0 Å². The first-order chi connectivity index (χ1) is 9.41. The van der Waals surface area contributed by atoms with E-state index in [9.17, 15) is 4.79 Å². The zero-order valence-corrected chi connectivity index (χ0v) is 13.3. The van der Waals surface area contributed by atoms with Crippen molar-refractivity contribution >= 4 is 69.6 Å². The summed E-state index contributed by atoms with van der Waals surface area (Å²) in [6.07, 6.45) is 0. The maximum Gasteiger partial charge on any atom is 0.275 e. The van der Waals surface area contributed by atoms with Crippen molar-refractivity contribution in [1.82, 2.24) is 4.98 Å². The molecule has 0 fully saturated rings. The first-order valence-electron chi connectivity index (χ1n) is 5.17. The molecule has 0 saturated heterocycles. The fourth-order valence-corrected chi connectivity index (χ4v) is 2.38. The molecule has 0 spiro atoms. The van der Waals surface area contributed by atoms with Crippen molar-refractivity contribution in [3.8, 4) is 0 Å². The van der Waals surface area contributed by atoms with Gasteiger partial charge in [-0.25, -0.2) is 4.98 Å². The molecule has 3 nitrogen and oxygen atoms in total. The van der Waals surface area contributed by atoms with E-state index >= 15 is 0 Å². The highest BCUT2D eigenvalue weighted by Crippen LogP contribution is 2.36. The quantitative estimate of drug-likeness (QED) is 0.699. The molecule has 20 heavy (non-hydrogen) atoms. The number of halogens is 5. The number of anilines is 1. The zero-order valence-electron chi connectivity index (χ0n) is 9.55. The van der Waals surface area contributed by atoms with Crippen LogP contribution in [0.4, 0.5) is 5.69 Å². The van der Waals surface area contributed by atoms with Crippen LogP contribution < -0.4 is 5.32 Å². The Kier molecular flexibility index (Phi) is 4.99. The Hall–Kier alpha value is -0.710. The van der Waals surface area contributed by atoms with Crippen molar-refractivity contribution in [2.75, 3.05) is 5.32 Å². The van der Waals surface area contributed by atoms with Crippen molar-refractivity contribution in [3.05, 3.63) is 55.2 Å². The molecule has 0 aliphatic rings. The van der Waals surface area contributed by atoms with Gasteiger partial charge in [-0.2, -0.15) is 0 Å². The largest absolute Gasteiger partial charge is 0.319 e. The fourth-order valence-electron chi connectivity index (χ4n) is 1.38. The smallest absolute Gasteiger partial charge is 0.275 e. The van der Waals surface area contributed by atoms with E-state index in [0.29, 0.717) is 10.7 Å². The number of carbonyl (C=O) groups is 1. The molecule has 1 N–H and O–H groups in total. The number of para-hydroxylation sites is 1. The van der Waals surface area contributed by atoms with Crippen molar-refractivity contribution in [3.63, 3.8) is 0 Å². The maximum absolute atomic E-state index is 12.1. The van der Waals surface area contributed by atoms with Crippen molar-refractivity contribution in [2.24, 2.45) is 0 Å². The molecular weight excluding hydrogens is 365 g/mol. The summed E-state index contributed by atoms with van der Waals surface area (Å²) in [5.74, 6) is -0.594. The fraction of sp³-hybridized carbons (Fsp3) is 0. The van der Waals surface area contributed by atoms with Gasteiger partial charge >= 0.3 is 0 Å². The molecule has 0 saturated carbocycles. The normalized spacial score (nSPS) is 10.4. The molecule has 0 aliphatic heterocycles. The second-order valence-corrected chi connectivity index (χ2v) is 5.53. The number of pyridine rings is 1. The number of aromatic nitrogens is 1. The topological polar surface area (TPSA) is 42.0 Å².